The second-order valence-electron chi connectivity index (χ2n) is 5.43. The Labute approximate surface area is 147 Å². The Morgan fingerprint density at radius 3 is 2.12 bits per heavy atom. The van der Waals surface area contributed by atoms with Crippen LogP contribution in [0.1, 0.15) is 18.1 Å². The van der Waals surface area contributed by atoms with Gasteiger partial charge in [-0.2, -0.15) is 0 Å². The maximum atomic E-state index is 11.8. The third kappa shape index (κ3) is 6.18. The zero-order chi connectivity index (χ0) is 18.1. The first kappa shape index (κ1) is 18.3. The second-order valence-corrected chi connectivity index (χ2v) is 5.43. The number of para-hydroxylation sites is 2. The molecule has 0 bridgehead atoms. The van der Waals surface area contributed by atoms with E-state index in [0.717, 1.165) is 11.1 Å². The van der Waals surface area contributed by atoms with Crippen LogP contribution in [0.5, 0.6) is 11.5 Å². The van der Waals surface area contributed by atoms with Crippen molar-refractivity contribution in [1.82, 2.24) is 10.9 Å². The molecule has 2 rings (SSSR count). The lowest BCUT2D eigenvalue weighted by atomic mass is 10.1. The van der Waals surface area contributed by atoms with E-state index in [9.17, 15) is 9.59 Å². The van der Waals surface area contributed by atoms with Gasteiger partial charge >= 0.3 is 0 Å². The normalized spacial score (nSPS) is 10.0. The third-order valence-electron chi connectivity index (χ3n) is 3.33. The lowest BCUT2D eigenvalue weighted by Crippen LogP contribution is -2.44. The number of hydrogen-bond donors (Lipinski definition) is 2. The molecule has 2 N–H and O–H groups in total. The van der Waals surface area contributed by atoms with Crippen LogP contribution >= 0.6 is 0 Å². The summed E-state index contributed by atoms with van der Waals surface area (Å²) in [6.45, 7) is 4.12. The average molecular weight is 342 g/mol. The van der Waals surface area contributed by atoms with Crippen LogP contribution in [0.3, 0.4) is 0 Å². The Morgan fingerprint density at radius 2 is 1.48 bits per heavy atom. The van der Waals surface area contributed by atoms with Crippen molar-refractivity contribution in [2.75, 3.05) is 13.2 Å². The molecule has 6 heteroatoms. The number of hydrogen-bond acceptors (Lipinski definition) is 4. The number of benzene rings is 2. The quantitative estimate of drug-likeness (QED) is 0.756. The molecule has 0 aromatic heterocycles. The summed E-state index contributed by atoms with van der Waals surface area (Å²) in [6.07, 6.45) is 0.189. The van der Waals surface area contributed by atoms with E-state index in [1.165, 1.54) is 0 Å². The van der Waals surface area contributed by atoms with Gasteiger partial charge in [-0.15, -0.1) is 0 Å². The van der Waals surface area contributed by atoms with Gasteiger partial charge in [0, 0.05) is 0 Å². The van der Waals surface area contributed by atoms with Gasteiger partial charge in [-0.3, -0.25) is 20.4 Å². The number of amides is 2. The Balaban J connectivity index is 1.75. The third-order valence-corrected chi connectivity index (χ3v) is 3.33. The molecule has 2 aromatic rings. The first-order valence-corrected chi connectivity index (χ1v) is 8.06. The summed E-state index contributed by atoms with van der Waals surface area (Å²) in [5.74, 6) is 0.294. The number of ether oxygens (including phenoxy) is 2. The number of hydrazine groups is 1. The molecule has 0 fully saturated rings. The van der Waals surface area contributed by atoms with Crippen molar-refractivity contribution in [2.45, 2.75) is 20.3 Å². The fourth-order valence-electron chi connectivity index (χ4n) is 2.10. The maximum absolute atomic E-state index is 11.8. The topological polar surface area (TPSA) is 76.7 Å². The molecule has 0 saturated heterocycles. The van der Waals surface area contributed by atoms with Gasteiger partial charge in [0.1, 0.15) is 0 Å². The summed E-state index contributed by atoms with van der Waals surface area (Å²) in [7, 11) is 0. The summed E-state index contributed by atoms with van der Waals surface area (Å²) in [5, 5.41) is 0. The van der Waals surface area contributed by atoms with Gasteiger partial charge in [0.25, 0.3) is 5.91 Å². The van der Waals surface area contributed by atoms with E-state index in [0.29, 0.717) is 18.1 Å². The highest BCUT2D eigenvalue weighted by Crippen LogP contribution is 2.26. The maximum Gasteiger partial charge on any atom is 0.276 e. The number of carbonyl (C=O) groups is 2. The standard InChI is InChI=1S/C19H22N2O4/c1-3-24-16-6-4-5-7-17(16)25-13-19(23)21-20-18(22)12-15-10-8-14(2)9-11-15/h4-11H,3,12-13H2,1-2H3,(H,20,22)(H,21,23). The van der Waals surface area contributed by atoms with Crippen molar-refractivity contribution < 1.29 is 19.1 Å². The molecule has 2 amide bonds. The monoisotopic (exact) mass is 342 g/mol. The Hall–Kier alpha value is -3.02. The van der Waals surface area contributed by atoms with Crippen molar-refractivity contribution in [3.05, 3.63) is 59.7 Å². The fourth-order valence-corrected chi connectivity index (χ4v) is 2.10. The van der Waals surface area contributed by atoms with Gasteiger partial charge in [-0.05, 0) is 31.5 Å². The second kappa shape index (κ2) is 9.32. The zero-order valence-electron chi connectivity index (χ0n) is 14.4. The molecule has 0 heterocycles. The molecule has 0 aliphatic heterocycles. The van der Waals surface area contributed by atoms with Crippen LogP contribution < -0.4 is 20.3 Å². The van der Waals surface area contributed by atoms with Gasteiger partial charge in [-0.25, -0.2) is 0 Å². The molecule has 6 nitrogen and oxygen atoms in total. The molecule has 0 radical (unpaired) electrons. The predicted octanol–water partition coefficient (Wildman–Crippen LogP) is 2.16. The summed E-state index contributed by atoms with van der Waals surface area (Å²) >= 11 is 0. The molecule has 0 aliphatic rings. The van der Waals surface area contributed by atoms with Crippen LogP contribution in [0.2, 0.25) is 0 Å². The highest BCUT2D eigenvalue weighted by Gasteiger charge is 2.09. The lowest BCUT2D eigenvalue weighted by molar-refractivity contribution is -0.129. The van der Waals surface area contributed by atoms with E-state index in [4.69, 9.17) is 9.47 Å². The summed E-state index contributed by atoms with van der Waals surface area (Å²) in [6, 6.07) is 14.7. The molecule has 132 valence electrons. The van der Waals surface area contributed by atoms with E-state index in [1.807, 2.05) is 44.2 Å². The highest BCUT2D eigenvalue weighted by molar-refractivity contribution is 5.83. The Morgan fingerprint density at radius 1 is 0.880 bits per heavy atom. The smallest absolute Gasteiger partial charge is 0.276 e. The minimum atomic E-state index is -0.455. The Bertz CT molecular complexity index is 714. The molecular weight excluding hydrogens is 320 g/mol. The summed E-state index contributed by atoms with van der Waals surface area (Å²) < 4.78 is 10.8. The van der Waals surface area contributed by atoms with Crippen LogP contribution in [0.25, 0.3) is 0 Å². The Kier molecular flexibility index (Phi) is 6.83. The van der Waals surface area contributed by atoms with Crippen molar-refractivity contribution >= 4 is 11.8 Å². The predicted molar refractivity (Wildman–Crippen MR) is 94.3 cm³/mol. The van der Waals surface area contributed by atoms with E-state index in [1.54, 1.807) is 18.2 Å². The molecule has 0 unspecified atom stereocenters. The van der Waals surface area contributed by atoms with Crippen molar-refractivity contribution in [2.24, 2.45) is 0 Å². The molecule has 25 heavy (non-hydrogen) atoms. The SMILES string of the molecule is CCOc1ccccc1OCC(=O)NNC(=O)Cc1ccc(C)cc1. The summed E-state index contributed by atoms with van der Waals surface area (Å²) in [5.41, 5.74) is 6.70. The molecule has 0 saturated carbocycles. The number of nitrogens with one attached hydrogen (secondary N) is 2. The molecule has 0 spiro atoms. The summed E-state index contributed by atoms with van der Waals surface area (Å²) in [4.78, 5) is 23.6. The van der Waals surface area contributed by atoms with Crippen LogP contribution in [-0.2, 0) is 16.0 Å². The van der Waals surface area contributed by atoms with Gasteiger partial charge in [-0.1, -0.05) is 42.0 Å². The first-order valence-electron chi connectivity index (χ1n) is 8.06. The van der Waals surface area contributed by atoms with E-state index < -0.39 is 5.91 Å². The zero-order valence-corrected chi connectivity index (χ0v) is 14.4. The molecular formula is C19H22N2O4. The van der Waals surface area contributed by atoms with Gasteiger partial charge < -0.3 is 9.47 Å². The van der Waals surface area contributed by atoms with Crippen LogP contribution in [0.4, 0.5) is 0 Å². The van der Waals surface area contributed by atoms with E-state index >= 15 is 0 Å². The first-order chi connectivity index (χ1) is 12.1. The van der Waals surface area contributed by atoms with Gasteiger partial charge in [0.15, 0.2) is 18.1 Å². The van der Waals surface area contributed by atoms with Gasteiger partial charge in [0.05, 0.1) is 13.0 Å². The molecule has 2 aromatic carbocycles. The molecule has 0 aliphatic carbocycles. The molecule has 0 atom stereocenters. The van der Waals surface area contributed by atoms with Crippen molar-refractivity contribution in [3.63, 3.8) is 0 Å². The highest BCUT2D eigenvalue weighted by atomic mass is 16.5. The van der Waals surface area contributed by atoms with Crippen molar-refractivity contribution in [1.29, 1.82) is 0 Å². The average Bonchev–Trinajstić information content (AvgIpc) is 2.61. The fraction of sp³-hybridized carbons (Fsp3) is 0.263. The lowest BCUT2D eigenvalue weighted by Gasteiger charge is -2.12. The minimum absolute atomic E-state index is 0.189. The van der Waals surface area contributed by atoms with Crippen LogP contribution in [-0.4, -0.2) is 25.0 Å². The van der Waals surface area contributed by atoms with Crippen molar-refractivity contribution in [3.8, 4) is 11.5 Å². The van der Waals surface area contributed by atoms with Crippen LogP contribution in [0.15, 0.2) is 48.5 Å². The van der Waals surface area contributed by atoms with E-state index in [2.05, 4.69) is 10.9 Å². The number of aryl methyl sites for hydroxylation is 1. The van der Waals surface area contributed by atoms with Gasteiger partial charge in [0.2, 0.25) is 5.91 Å². The van der Waals surface area contributed by atoms with Crippen LogP contribution in [0, 0.1) is 6.92 Å². The number of carbonyl (C=O) groups excluding carboxylic acids is 2. The van der Waals surface area contributed by atoms with E-state index in [-0.39, 0.29) is 18.9 Å². The number of rotatable bonds is 7. The minimum Gasteiger partial charge on any atom is -0.490 e. The largest absolute Gasteiger partial charge is 0.490 e.